The van der Waals surface area contributed by atoms with Gasteiger partial charge in [-0.25, -0.2) is 9.82 Å². The zero-order valence-electron chi connectivity index (χ0n) is 10.3. The van der Waals surface area contributed by atoms with Crippen molar-refractivity contribution in [2.24, 2.45) is 5.84 Å². The molecule has 0 amide bonds. The van der Waals surface area contributed by atoms with Crippen molar-refractivity contribution in [2.45, 2.75) is 13.0 Å². The fourth-order valence-electron chi connectivity index (χ4n) is 1.95. The molecule has 0 spiro atoms. The smallest absolute Gasteiger partial charge is 0.126 e. The molecule has 0 fully saturated rings. The van der Waals surface area contributed by atoms with Crippen LogP contribution in [-0.4, -0.2) is 0 Å². The molecule has 0 saturated heterocycles. The fourth-order valence-corrected chi connectivity index (χ4v) is 3.22. The van der Waals surface area contributed by atoms with Gasteiger partial charge in [0.15, 0.2) is 0 Å². The summed E-state index contributed by atoms with van der Waals surface area (Å²) < 4.78 is 15.3. The third-order valence-electron chi connectivity index (χ3n) is 2.96. The Morgan fingerprint density at radius 2 is 1.89 bits per heavy atom. The van der Waals surface area contributed by atoms with E-state index in [4.69, 9.17) is 5.84 Å². The highest BCUT2D eigenvalue weighted by Crippen LogP contribution is 2.31. The molecule has 0 aliphatic rings. The van der Waals surface area contributed by atoms with Gasteiger partial charge in [-0.1, -0.05) is 50.1 Å². The number of hydrazine groups is 1. The summed E-state index contributed by atoms with van der Waals surface area (Å²) in [6, 6.07) is 10.7. The first kappa shape index (κ1) is 14.7. The molecular weight excluding hydrogens is 375 g/mol. The summed E-state index contributed by atoms with van der Waals surface area (Å²) >= 11 is 6.93. The lowest BCUT2D eigenvalue weighted by Gasteiger charge is -2.19. The zero-order chi connectivity index (χ0) is 14.0. The highest BCUT2D eigenvalue weighted by atomic mass is 79.9. The molecule has 3 N–H and O–H groups in total. The summed E-state index contributed by atoms with van der Waals surface area (Å²) in [5, 5.41) is 0. The maximum atomic E-state index is 13.3. The molecule has 5 heteroatoms. The van der Waals surface area contributed by atoms with Crippen LogP contribution in [-0.2, 0) is 0 Å². The Labute approximate surface area is 128 Å². The summed E-state index contributed by atoms with van der Waals surface area (Å²) in [6.07, 6.45) is 0. The van der Waals surface area contributed by atoms with Crippen LogP contribution in [0.3, 0.4) is 0 Å². The van der Waals surface area contributed by atoms with Gasteiger partial charge in [0.2, 0.25) is 0 Å². The first-order chi connectivity index (χ1) is 9.02. The van der Waals surface area contributed by atoms with E-state index in [1.54, 1.807) is 19.1 Å². The SMILES string of the molecule is Cc1cc(C(NN)c2ccc(Br)cc2Br)ccc1F. The highest BCUT2D eigenvalue weighted by Gasteiger charge is 2.16. The van der Waals surface area contributed by atoms with E-state index >= 15 is 0 Å². The topological polar surface area (TPSA) is 38.0 Å². The molecule has 2 aromatic rings. The van der Waals surface area contributed by atoms with Crippen LogP contribution >= 0.6 is 31.9 Å². The molecule has 1 unspecified atom stereocenters. The van der Waals surface area contributed by atoms with Crippen molar-refractivity contribution >= 4 is 31.9 Å². The average molecular weight is 388 g/mol. The Bertz CT molecular complexity index is 602. The molecule has 100 valence electrons. The van der Waals surface area contributed by atoms with E-state index < -0.39 is 0 Å². The van der Waals surface area contributed by atoms with Gasteiger partial charge in [-0.05, 0) is 41.8 Å². The van der Waals surface area contributed by atoms with E-state index in [0.717, 1.165) is 20.1 Å². The van der Waals surface area contributed by atoms with E-state index in [2.05, 4.69) is 37.3 Å². The Hall–Kier alpha value is -0.750. The summed E-state index contributed by atoms with van der Waals surface area (Å²) in [6.45, 7) is 1.74. The van der Waals surface area contributed by atoms with Crippen LogP contribution in [0.2, 0.25) is 0 Å². The molecule has 0 aromatic heterocycles. The first-order valence-corrected chi connectivity index (χ1v) is 7.28. The lowest BCUT2D eigenvalue weighted by molar-refractivity contribution is 0.607. The molecule has 1 atom stereocenters. The van der Waals surface area contributed by atoms with Crippen molar-refractivity contribution < 1.29 is 4.39 Å². The van der Waals surface area contributed by atoms with Gasteiger partial charge in [0, 0.05) is 8.95 Å². The minimum Gasteiger partial charge on any atom is -0.271 e. The summed E-state index contributed by atoms with van der Waals surface area (Å²) in [5.41, 5.74) is 5.29. The summed E-state index contributed by atoms with van der Waals surface area (Å²) in [4.78, 5) is 0. The molecule has 0 heterocycles. The van der Waals surface area contributed by atoms with Crippen molar-refractivity contribution in [1.29, 1.82) is 0 Å². The third-order valence-corrected chi connectivity index (χ3v) is 4.14. The van der Waals surface area contributed by atoms with E-state index in [-0.39, 0.29) is 11.9 Å². The van der Waals surface area contributed by atoms with Gasteiger partial charge < -0.3 is 0 Å². The quantitative estimate of drug-likeness (QED) is 0.611. The van der Waals surface area contributed by atoms with Gasteiger partial charge in [0.05, 0.1) is 6.04 Å². The Morgan fingerprint density at radius 3 is 2.47 bits per heavy atom. The van der Waals surface area contributed by atoms with E-state index in [1.807, 2.05) is 18.2 Å². The largest absolute Gasteiger partial charge is 0.271 e. The van der Waals surface area contributed by atoms with Gasteiger partial charge in [-0.2, -0.15) is 0 Å². The second-order valence-electron chi connectivity index (χ2n) is 4.27. The van der Waals surface area contributed by atoms with Crippen LogP contribution in [0.1, 0.15) is 22.7 Å². The van der Waals surface area contributed by atoms with E-state index in [0.29, 0.717) is 5.56 Å². The highest BCUT2D eigenvalue weighted by molar-refractivity contribution is 9.11. The Morgan fingerprint density at radius 1 is 1.16 bits per heavy atom. The predicted molar refractivity (Wildman–Crippen MR) is 82.1 cm³/mol. The average Bonchev–Trinajstić information content (AvgIpc) is 2.37. The van der Waals surface area contributed by atoms with Gasteiger partial charge in [-0.15, -0.1) is 0 Å². The molecule has 19 heavy (non-hydrogen) atoms. The predicted octanol–water partition coefficient (Wildman–Crippen LogP) is 4.21. The fraction of sp³-hybridized carbons (Fsp3) is 0.143. The molecule has 2 nitrogen and oxygen atoms in total. The lowest BCUT2D eigenvalue weighted by Crippen LogP contribution is -2.29. The van der Waals surface area contributed by atoms with Crippen LogP contribution in [0.5, 0.6) is 0 Å². The minimum absolute atomic E-state index is 0.193. The van der Waals surface area contributed by atoms with Crippen LogP contribution in [0.4, 0.5) is 4.39 Å². The van der Waals surface area contributed by atoms with Gasteiger partial charge in [0.1, 0.15) is 5.82 Å². The number of benzene rings is 2. The number of rotatable bonds is 3. The number of nitrogens with one attached hydrogen (secondary N) is 1. The molecule has 2 aromatic carbocycles. The van der Waals surface area contributed by atoms with Crippen LogP contribution < -0.4 is 11.3 Å². The van der Waals surface area contributed by atoms with Crippen molar-refractivity contribution in [3.63, 3.8) is 0 Å². The third kappa shape index (κ3) is 3.23. The van der Waals surface area contributed by atoms with Crippen molar-refractivity contribution in [3.05, 3.63) is 67.9 Å². The first-order valence-electron chi connectivity index (χ1n) is 5.70. The number of nitrogens with two attached hydrogens (primary N) is 1. The van der Waals surface area contributed by atoms with Crippen LogP contribution in [0.15, 0.2) is 45.3 Å². The molecule has 2 rings (SSSR count). The number of hydrogen-bond donors (Lipinski definition) is 2. The second kappa shape index (κ2) is 6.13. The summed E-state index contributed by atoms with van der Waals surface area (Å²) in [7, 11) is 0. The monoisotopic (exact) mass is 386 g/mol. The second-order valence-corrected chi connectivity index (χ2v) is 6.04. The van der Waals surface area contributed by atoms with Gasteiger partial charge in [0.25, 0.3) is 0 Å². The molecule has 0 saturated carbocycles. The number of halogens is 3. The molecule has 0 aliphatic carbocycles. The lowest BCUT2D eigenvalue weighted by atomic mass is 9.98. The van der Waals surface area contributed by atoms with E-state index in [1.165, 1.54) is 6.07 Å². The standard InChI is InChI=1S/C14H13Br2FN2/c1-8-6-9(2-5-13(8)17)14(19-18)11-4-3-10(15)7-12(11)16/h2-7,14,19H,18H2,1H3. The summed E-state index contributed by atoms with van der Waals surface area (Å²) in [5.74, 6) is 5.44. The molecule has 0 radical (unpaired) electrons. The molecular formula is C14H13Br2FN2. The van der Waals surface area contributed by atoms with Gasteiger partial charge in [-0.3, -0.25) is 5.84 Å². The van der Waals surface area contributed by atoms with Crippen molar-refractivity contribution in [2.75, 3.05) is 0 Å². The molecule has 0 bridgehead atoms. The number of aryl methyl sites for hydroxylation is 1. The van der Waals surface area contributed by atoms with E-state index in [9.17, 15) is 4.39 Å². The maximum absolute atomic E-state index is 13.3. The normalized spacial score (nSPS) is 12.5. The minimum atomic E-state index is -0.214. The van der Waals surface area contributed by atoms with Crippen molar-refractivity contribution in [3.8, 4) is 0 Å². The zero-order valence-corrected chi connectivity index (χ0v) is 13.4. The Balaban J connectivity index is 2.46. The van der Waals surface area contributed by atoms with Crippen LogP contribution in [0.25, 0.3) is 0 Å². The van der Waals surface area contributed by atoms with Crippen molar-refractivity contribution in [1.82, 2.24) is 5.43 Å². The van der Waals surface area contributed by atoms with Gasteiger partial charge >= 0.3 is 0 Å². The molecule has 0 aliphatic heterocycles. The Kier molecular flexibility index (Phi) is 4.73. The number of hydrogen-bond acceptors (Lipinski definition) is 2. The van der Waals surface area contributed by atoms with Crippen LogP contribution in [0, 0.1) is 12.7 Å². The maximum Gasteiger partial charge on any atom is 0.126 e.